The van der Waals surface area contributed by atoms with E-state index in [0.29, 0.717) is 0 Å². The van der Waals surface area contributed by atoms with Gasteiger partial charge in [-0.2, -0.15) is 18.3 Å². The Kier molecular flexibility index (Phi) is 4.54. The summed E-state index contributed by atoms with van der Waals surface area (Å²) in [5.74, 6) is 0. The Morgan fingerprint density at radius 1 is 1.15 bits per heavy atom. The fourth-order valence-corrected chi connectivity index (χ4v) is 1.46. The molecule has 0 aliphatic heterocycles. The fourth-order valence-electron chi connectivity index (χ4n) is 0.801. The van der Waals surface area contributed by atoms with E-state index < -0.39 is 10.1 Å². The molecule has 0 aliphatic rings. The van der Waals surface area contributed by atoms with Crippen molar-refractivity contribution >= 4 is 20.0 Å². The highest BCUT2D eigenvalue weighted by Crippen LogP contribution is 2.11. The summed E-state index contributed by atoms with van der Waals surface area (Å²) in [6, 6.07) is 6.50. The summed E-state index contributed by atoms with van der Waals surface area (Å²) in [5.41, 5.74) is 1.02. The van der Waals surface area contributed by atoms with Crippen LogP contribution in [0.3, 0.4) is 0 Å². The molecule has 0 amide bonds. The Hall–Kier alpha value is -0.440. The van der Waals surface area contributed by atoms with Crippen molar-refractivity contribution in [1.82, 2.24) is 0 Å². The molecule has 0 aliphatic carbocycles. The van der Waals surface area contributed by atoms with Gasteiger partial charge in [0, 0.05) is 0 Å². The van der Waals surface area contributed by atoms with Gasteiger partial charge in [0.2, 0.25) is 0 Å². The predicted molar refractivity (Wildman–Crippen MR) is 56.5 cm³/mol. The molecule has 0 N–H and O–H groups in total. The maximum atomic E-state index is 11.1. The minimum absolute atomic E-state index is 0. The van der Waals surface area contributed by atoms with E-state index in [1.165, 1.54) is 12.1 Å². The molecular formula is C8H13O3PS. The summed E-state index contributed by atoms with van der Waals surface area (Å²) >= 11 is 0. The molecule has 74 valence electrons. The predicted octanol–water partition coefficient (Wildman–Crippen LogP) is 1.39. The Bertz CT molecular complexity index is 355. The van der Waals surface area contributed by atoms with E-state index in [2.05, 4.69) is 4.18 Å². The second-order valence-electron chi connectivity index (χ2n) is 2.43. The molecule has 0 aromatic heterocycles. The van der Waals surface area contributed by atoms with Crippen LogP contribution in [-0.4, -0.2) is 15.5 Å². The van der Waals surface area contributed by atoms with Crippen LogP contribution in [0.2, 0.25) is 0 Å². The van der Waals surface area contributed by atoms with Crippen LogP contribution >= 0.6 is 9.90 Å². The smallest absolute Gasteiger partial charge is 0.270 e. The Morgan fingerprint density at radius 2 is 1.62 bits per heavy atom. The van der Waals surface area contributed by atoms with E-state index in [1.54, 1.807) is 12.1 Å². The molecule has 1 aromatic rings. The average molecular weight is 220 g/mol. The van der Waals surface area contributed by atoms with E-state index in [-0.39, 0.29) is 14.8 Å². The third-order valence-electron chi connectivity index (χ3n) is 1.53. The second kappa shape index (κ2) is 4.70. The first-order chi connectivity index (χ1) is 5.56. The lowest BCUT2D eigenvalue weighted by Crippen LogP contribution is -2.02. The van der Waals surface area contributed by atoms with Crippen molar-refractivity contribution in [3.63, 3.8) is 0 Å². The number of hydrogen-bond acceptors (Lipinski definition) is 3. The SMILES string of the molecule is COS(=O)(=O)c1ccc(C)cc1.P. The molecule has 3 nitrogen and oxygen atoms in total. The quantitative estimate of drug-likeness (QED) is 0.558. The lowest BCUT2D eigenvalue weighted by atomic mass is 10.2. The highest BCUT2D eigenvalue weighted by molar-refractivity contribution is 7.86. The van der Waals surface area contributed by atoms with Gasteiger partial charge in [0.15, 0.2) is 0 Å². The van der Waals surface area contributed by atoms with Gasteiger partial charge in [-0.15, -0.1) is 0 Å². The molecular weight excluding hydrogens is 207 g/mol. The zero-order chi connectivity index (χ0) is 9.19. The van der Waals surface area contributed by atoms with Crippen molar-refractivity contribution in [3.05, 3.63) is 29.8 Å². The Balaban J connectivity index is 0.00000144. The van der Waals surface area contributed by atoms with Crippen molar-refractivity contribution in [2.24, 2.45) is 0 Å². The summed E-state index contributed by atoms with van der Waals surface area (Å²) in [6.45, 7) is 1.89. The third-order valence-corrected chi connectivity index (χ3v) is 2.82. The lowest BCUT2D eigenvalue weighted by Gasteiger charge is -2.00. The minimum atomic E-state index is -3.51. The van der Waals surface area contributed by atoms with Gasteiger partial charge in [0.25, 0.3) is 10.1 Å². The highest BCUT2D eigenvalue weighted by Gasteiger charge is 2.10. The van der Waals surface area contributed by atoms with Crippen molar-refractivity contribution in [2.45, 2.75) is 11.8 Å². The van der Waals surface area contributed by atoms with Gasteiger partial charge < -0.3 is 0 Å². The molecule has 0 spiro atoms. The monoisotopic (exact) mass is 220 g/mol. The van der Waals surface area contributed by atoms with Crippen LogP contribution < -0.4 is 0 Å². The van der Waals surface area contributed by atoms with E-state index in [9.17, 15) is 8.42 Å². The molecule has 1 unspecified atom stereocenters. The Labute approximate surface area is 81.9 Å². The van der Waals surface area contributed by atoms with Crippen molar-refractivity contribution in [2.75, 3.05) is 7.11 Å². The molecule has 0 saturated carbocycles. The van der Waals surface area contributed by atoms with Crippen LogP contribution in [0.25, 0.3) is 0 Å². The van der Waals surface area contributed by atoms with E-state index >= 15 is 0 Å². The van der Waals surface area contributed by atoms with E-state index in [1.807, 2.05) is 6.92 Å². The van der Waals surface area contributed by atoms with Crippen LogP contribution in [0.15, 0.2) is 29.2 Å². The number of aryl methyl sites for hydroxylation is 1. The van der Waals surface area contributed by atoms with E-state index in [0.717, 1.165) is 12.7 Å². The van der Waals surface area contributed by atoms with Gasteiger partial charge in [-0.3, -0.25) is 4.18 Å². The molecule has 0 radical (unpaired) electrons. The van der Waals surface area contributed by atoms with Crippen molar-refractivity contribution in [1.29, 1.82) is 0 Å². The standard InChI is InChI=1S/C8H10O3S.H3P/c1-7-3-5-8(6-4-7)12(9,10)11-2;/h3-6H,1-2H3;1H3. The molecule has 0 saturated heterocycles. The number of benzene rings is 1. The van der Waals surface area contributed by atoms with Gasteiger partial charge >= 0.3 is 0 Å². The maximum Gasteiger partial charge on any atom is 0.296 e. The third kappa shape index (κ3) is 3.07. The molecule has 5 heteroatoms. The summed E-state index contributed by atoms with van der Waals surface area (Å²) in [7, 11) is -2.37. The largest absolute Gasteiger partial charge is 0.296 e. The molecule has 0 bridgehead atoms. The van der Waals surface area contributed by atoms with Crippen LogP contribution in [0.1, 0.15) is 5.56 Å². The van der Waals surface area contributed by atoms with Crippen LogP contribution in [0, 0.1) is 6.92 Å². The van der Waals surface area contributed by atoms with Crippen LogP contribution in [0.5, 0.6) is 0 Å². The molecule has 13 heavy (non-hydrogen) atoms. The molecule has 0 heterocycles. The number of rotatable bonds is 2. The molecule has 1 aromatic carbocycles. The molecule has 0 fully saturated rings. The normalized spacial score (nSPS) is 10.6. The van der Waals surface area contributed by atoms with Gasteiger partial charge in [0.1, 0.15) is 0 Å². The average Bonchev–Trinajstić information content (AvgIpc) is 2.05. The van der Waals surface area contributed by atoms with Gasteiger partial charge in [-0.25, -0.2) is 0 Å². The summed E-state index contributed by atoms with van der Waals surface area (Å²) in [5, 5.41) is 0. The van der Waals surface area contributed by atoms with Crippen LogP contribution in [-0.2, 0) is 14.3 Å². The number of hydrogen-bond donors (Lipinski definition) is 0. The van der Waals surface area contributed by atoms with E-state index in [4.69, 9.17) is 0 Å². The zero-order valence-electron chi connectivity index (χ0n) is 7.65. The first-order valence-corrected chi connectivity index (χ1v) is 4.84. The first-order valence-electron chi connectivity index (χ1n) is 3.43. The Morgan fingerprint density at radius 3 is 2.00 bits per heavy atom. The second-order valence-corrected chi connectivity index (χ2v) is 4.15. The lowest BCUT2D eigenvalue weighted by molar-refractivity contribution is 0.398. The van der Waals surface area contributed by atoms with Gasteiger partial charge in [-0.1, -0.05) is 17.7 Å². The molecule has 1 atom stereocenters. The van der Waals surface area contributed by atoms with Gasteiger partial charge in [0.05, 0.1) is 12.0 Å². The topological polar surface area (TPSA) is 43.4 Å². The first kappa shape index (κ1) is 12.6. The minimum Gasteiger partial charge on any atom is -0.270 e. The zero-order valence-corrected chi connectivity index (χ0v) is 9.88. The maximum absolute atomic E-state index is 11.1. The summed E-state index contributed by atoms with van der Waals surface area (Å²) in [6.07, 6.45) is 0. The van der Waals surface area contributed by atoms with Crippen molar-refractivity contribution < 1.29 is 12.6 Å². The highest BCUT2D eigenvalue weighted by atomic mass is 32.2. The van der Waals surface area contributed by atoms with Gasteiger partial charge in [-0.05, 0) is 19.1 Å². The fraction of sp³-hybridized carbons (Fsp3) is 0.250. The summed E-state index contributed by atoms with van der Waals surface area (Å²) in [4.78, 5) is 0.190. The van der Waals surface area contributed by atoms with Crippen LogP contribution in [0.4, 0.5) is 0 Å². The summed E-state index contributed by atoms with van der Waals surface area (Å²) < 4.78 is 26.5. The molecule has 1 rings (SSSR count). The van der Waals surface area contributed by atoms with Crippen molar-refractivity contribution in [3.8, 4) is 0 Å².